The summed E-state index contributed by atoms with van der Waals surface area (Å²) in [5, 5.41) is 4.48. The van der Waals surface area contributed by atoms with Gasteiger partial charge in [-0.05, 0) is 6.07 Å². The van der Waals surface area contributed by atoms with Gasteiger partial charge in [-0.1, -0.05) is 11.6 Å². The Morgan fingerprint density at radius 3 is 3.12 bits per heavy atom. The number of allylic oxidation sites excluding steroid dienone is 1. The summed E-state index contributed by atoms with van der Waals surface area (Å²) in [6, 6.07) is 1.79. The van der Waals surface area contributed by atoms with Crippen LogP contribution < -0.4 is 5.73 Å². The van der Waals surface area contributed by atoms with Gasteiger partial charge in [-0.3, -0.25) is 4.99 Å². The zero-order valence-corrected chi connectivity index (χ0v) is 9.39. The van der Waals surface area contributed by atoms with Crippen LogP contribution in [0.25, 0.3) is 11.1 Å². The summed E-state index contributed by atoms with van der Waals surface area (Å²) in [4.78, 5) is 8.12. The first-order valence-corrected chi connectivity index (χ1v) is 4.98. The molecule has 0 aliphatic carbocycles. The van der Waals surface area contributed by atoms with Crippen molar-refractivity contribution in [2.45, 2.75) is 0 Å². The van der Waals surface area contributed by atoms with E-state index >= 15 is 0 Å². The Hall–Kier alpha value is -1.88. The molecule has 2 aromatic heterocycles. The van der Waals surface area contributed by atoms with E-state index in [4.69, 9.17) is 17.3 Å². The largest absolute Gasteiger partial charge is 0.404 e. The molecule has 0 saturated heterocycles. The van der Waals surface area contributed by atoms with Crippen LogP contribution in [0.5, 0.6) is 0 Å². The van der Waals surface area contributed by atoms with Gasteiger partial charge in [0.05, 0.1) is 18.1 Å². The number of nitrogens with two attached hydrogens (primary N) is 1. The molecule has 2 rings (SSSR count). The van der Waals surface area contributed by atoms with E-state index in [1.54, 1.807) is 36.2 Å². The monoisotopic (exact) mass is 235 g/mol. The Balaban J connectivity index is 2.61. The maximum Gasteiger partial charge on any atom is 0.155 e. The standard InChI is InChI=1S/C10H10ClN5/c1-13-5-7(4-12)8-6-16-9(2-3-14-16)10(11)15-8/h2-6H,12H2,1H3. The first kappa shape index (κ1) is 10.6. The summed E-state index contributed by atoms with van der Waals surface area (Å²) in [5.41, 5.74) is 7.58. The highest BCUT2D eigenvalue weighted by atomic mass is 35.5. The summed E-state index contributed by atoms with van der Waals surface area (Å²) in [6.45, 7) is 0. The summed E-state index contributed by atoms with van der Waals surface area (Å²) in [5.74, 6) is 0. The van der Waals surface area contributed by atoms with Crippen LogP contribution in [0.4, 0.5) is 0 Å². The van der Waals surface area contributed by atoms with Gasteiger partial charge in [0.15, 0.2) is 5.15 Å². The third-order valence-electron chi connectivity index (χ3n) is 2.09. The summed E-state index contributed by atoms with van der Waals surface area (Å²) >= 11 is 6.02. The maximum absolute atomic E-state index is 6.02. The highest BCUT2D eigenvalue weighted by Gasteiger charge is 2.07. The van der Waals surface area contributed by atoms with E-state index < -0.39 is 0 Å². The smallest absolute Gasteiger partial charge is 0.155 e. The molecule has 0 fully saturated rings. The number of rotatable bonds is 2. The van der Waals surface area contributed by atoms with Crippen molar-refractivity contribution < 1.29 is 0 Å². The first-order valence-electron chi connectivity index (χ1n) is 4.60. The fraction of sp³-hybridized carbons (Fsp3) is 0.100. The summed E-state index contributed by atoms with van der Waals surface area (Å²) in [6.07, 6.45) is 6.46. The fourth-order valence-electron chi connectivity index (χ4n) is 1.36. The molecule has 2 N–H and O–H groups in total. The van der Waals surface area contributed by atoms with E-state index in [0.29, 0.717) is 16.4 Å². The first-order chi connectivity index (χ1) is 7.76. The van der Waals surface area contributed by atoms with Crippen molar-refractivity contribution >= 4 is 28.9 Å². The molecule has 0 aromatic carbocycles. The van der Waals surface area contributed by atoms with Crippen molar-refractivity contribution in [2.24, 2.45) is 10.7 Å². The van der Waals surface area contributed by atoms with Crippen molar-refractivity contribution in [3.05, 3.63) is 35.5 Å². The van der Waals surface area contributed by atoms with Gasteiger partial charge in [0.2, 0.25) is 0 Å². The Morgan fingerprint density at radius 2 is 2.44 bits per heavy atom. The number of fused-ring (bicyclic) bond motifs is 1. The van der Waals surface area contributed by atoms with Crippen LogP contribution in [-0.2, 0) is 0 Å². The minimum atomic E-state index is 0.388. The molecule has 0 amide bonds. The van der Waals surface area contributed by atoms with Crippen LogP contribution in [0.1, 0.15) is 5.69 Å². The highest BCUT2D eigenvalue weighted by molar-refractivity contribution is 6.32. The number of nitrogens with zero attached hydrogens (tertiary/aromatic N) is 4. The Kier molecular flexibility index (Phi) is 2.87. The Morgan fingerprint density at radius 1 is 1.62 bits per heavy atom. The van der Waals surface area contributed by atoms with Crippen LogP contribution in [0.3, 0.4) is 0 Å². The van der Waals surface area contributed by atoms with Gasteiger partial charge in [0.1, 0.15) is 5.52 Å². The van der Waals surface area contributed by atoms with Gasteiger partial charge in [0, 0.05) is 25.0 Å². The third-order valence-corrected chi connectivity index (χ3v) is 2.37. The van der Waals surface area contributed by atoms with Gasteiger partial charge in [-0.15, -0.1) is 0 Å². The van der Waals surface area contributed by atoms with Crippen molar-refractivity contribution in [1.29, 1.82) is 0 Å². The van der Waals surface area contributed by atoms with Crippen LogP contribution in [0.15, 0.2) is 29.7 Å². The van der Waals surface area contributed by atoms with Crippen molar-refractivity contribution in [2.75, 3.05) is 7.05 Å². The Bertz CT molecular complexity index is 570. The summed E-state index contributed by atoms with van der Waals surface area (Å²) in [7, 11) is 1.66. The van der Waals surface area contributed by atoms with Crippen molar-refractivity contribution in [3.63, 3.8) is 0 Å². The molecule has 0 unspecified atom stereocenters. The average molecular weight is 236 g/mol. The van der Waals surface area contributed by atoms with Crippen LogP contribution >= 0.6 is 11.6 Å². The van der Waals surface area contributed by atoms with E-state index in [-0.39, 0.29) is 0 Å². The second kappa shape index (κ2) is 4.32. The molecule has 0 aliphatic rings. The molecular formula is C10H10ClN5. The van der Waals surface area contributed by atoms with Crippen LogP contribution in [0.2, 0.25) is 5.15 Å². The molecule has 0 spiro atoms. The molecule has 0 radical (unpaired) electrons. The number of hydrogen-bond donors (Lipinski definition) is 1. The van der Waals surface area contributed by atoms with Crippen LogP contribution in [0, 0.1) is 0 Å². The highest BCUT2D eigenvalue weighted by Crippen LogP contribution is 2.17. The lowest BCUT2D eigenvalue weighted by molar-refractivity contribution is 0.940. The minimum absolute atomic E-state index is 0.388. The van der Waals surface area contributed by atoms with Gasteiger partial charge in [-0.25, -0.2) is 9.50 Å². The third kappa shape index (κ3) is 1.77. The lowest BCUT2D eigenvalue weighted by atomic mass is 10.2. The molecule has 5 nitrogen and oxygen atoms in total. The second-order valence-corrected chi connectivity index (χ2v) is 3.45. The predicted molar refractivity (Wildman–Crippen MR) is 64.6 cm³/mol. The normalized spacial score (nSPS) is 12.8. The van der Waals surface area contributed by atoms with E-state index in [0.717, 1.165) is 5.52 Å². The second-order valence-electron chi connectivity index (χ2n) is 3.09. The molecule has 2 heterocycles. The van der Waals surface area contributed by atoms with E-state index in [1.165, 1.54) is 6.20 Å². The van der Waals surface area contributed by atoms with Gasteiger partial charge in [-0.2, -0.15) is 5.10 Å². The lowest BCUT2D eigenvalue weighted by Crippen LogP contribution is -1.99. The summed E-state index contributed by atoms with van der Waals surface area (Å²) < 4.78 is 1.65. The molecule has 0 atom stereocenters. The minimum Gasteiger partial charge on any atom is -0.404 e. The van der Waals surface area contributed by atoms with Crippen molar-refractivity contribution in [3.8, 4) is 0 Å². The zero-order chi connectivity index (χ0) is 11.5. The number of halogens is 1. The van der Waals surface area contributed by atoms with Gasteiger partial charge < -0.3 is 5.73 Å². The van der Waals surface area contributed by atoms with E-state index in [1.807, 2.05) is 0 Å². The Labute approximate surface area is 97.3 Å². The molecule has 82 valence electrons. The predicted octanol–water partition coefficient (Wildman–Crippen LogP) is 1.38. The molecule has 0 bridgehead atoms. The number of aromatic nitrogens is 3. The number of aliphatic imine (C=N–C) groups is 1. The molecule has 0 saturated carbocycles. The van der Waals surface area contributed by atoms with Gasteiger partial charge in [0.25, 0.3) is 0 Å². The van der Waals surface area contributed by atoms with E-state index in [9.17, 15) is 0 Å². The molecule has 6 heteroatoms. The molecule has 0 aliphatic heterocycles. The topological polar surface area (TPSA) is 68.6 Å². The maximum atomic E-state index is 6.02. The molecule has 16 heavy (non-hydrogen) atoms. The van der Waals surface area contributed by atoms with Gasteiger partial charge >= 0.3 is 0 Å². The fourth-order valence-corrected chi connectivity index (χ4v) is 1.60. The SMILES string of the molecule is CN=CC(=CN)c1cn2nccc2c(Cl)n1. The van der Waals surface area contributed by atoms with Crippen molar-refractivity contribution in [1.82, 2.24) is 14.6 Å². The lowest BCUT2D eigenvalue weighted by Gasteiger charge is -2.02. The molecular weight excluding hydrogens is 226 g/mol. The van der Waals surface area contributed by atoms with Crippen LogP contribution in [-0.4, -0.2) is 27.9 Å². The average Bonchev–Trinajstić information content (AvgIpc) is 2.74. The number of hydrogen-bond acceptors (Lipinski definition) is 4. The zero-order valence-electron chi connectivity index (χ0n) is 8.63. The van der Waals surface area contributed by atoms with E-state index in [2.05, 4.69) is 15.1 Å². The quantitative estimate of drug-likeness (QED) is 0.800. The molecule has 2 aromatic rings.